The molecular weight excluding hydrogens is 275 g/mol. The van der Waals surface area contributed by atoms with Crippen molar-refractivity contribution in [1.82, 2.24) is 5.43 Å². The van der Waals surface area contributed by atoms with E-state index in [-0.39, 0.29) is 11.6 Å². The minimum absolute atomic E-state index is 0.0119. The van der Waals surface area contributed by atoms with Crippen molar-refractivity contribution in [3.05, 3.63) is 29.8 Å². The molecule has 0 aliphatic rings. The van der Waals surface area contributed by atoms with Crippen LogP contribution in [-0.4, -0.2) is 23.7 Å². The van der Waals surface area contributed by atoms with Crippen LogP contribution < -0.4 is 10.7 Å². The molecule has 108 valence electrons. The number of hydrogen-bond acceptors (Lipinski definition) is 3. The Morgan fingerprint density at radius 2 is 1.85 bits per heavy atom. The molecule has 0 spiro atoms. The van der Waals surface area contributed by atoms with E-state index in [1.165, 1.54) is 25.1 Å². The van der Waals surface area contributed by atoms with Crippen molar-refractivity contribution in [2.45, 2.75) is 20.0 Å². The van der Waals surface area contributed by atoms with Gasteiger partial charge in [0.05, 0.1) is 5.71 Å². The van der Waals surface area contributed by atoms with Gasteiger partial charge in [-0.3, -0.25) is 9.59 Å². The lowest BCUT2D eigenvalue weighted by Crippen LogP contribution is -2.29. The lowest BCUT2D eigenvalue weighted by Gasteiger charge is -2.09. The molecule has 1 rings (SSSR count). The summed E-state index contributed by atoms with van der Waals surface area (Å²) in [7, 11) is 0. The molecule has 0 unspecified atom stereocenters. The van der Waals surface area contributed by atoms with E-state index >= 15 is 0 Å². The standard InChI is InChI=1S/C12H12F3N3O2/c1-7(17-18-8(2)19)9-4-3-5-10(6-9)16-11(20)12(13,14)15/h3-6H,1-2H3,(H,16,20)(H,18,19). The van der Waals surface area contributed by atoms with Crippen molar-refractivity contribution in [1.29, 1.82) is 0 Å². The van der Waals surface area contributed by atoms with Crippen molar-refractivity contribution in [3.63, 3.8) is 0 Å². The van der Waals surface area contributed by atoms with E-state index in [1.54, 1.807) is 18.3 Å². The zero-order valence-corrected chi connectivity index (χ0v) is 10.7. The van der Waals surface area contributed by atoms with E-state index in [0.717, 1.165) is 0 Å². The van der Waals surface area contributed by atoms with Gasteiger partial charge in [0.25, 0.3) is 0 Å². The fourth-order valence-corrected chi connectivity index (χ4v) is 1.25. The van der Waals surface area contributed by atoms with Crippen LogP contribution in [-0.2, 0) is 9.59 Å². The number of hydrogen-bond donors (Lipinski definition) is 2. The van der Waals surface area contributed by atoms with E-state index in [4.69, 9.17) is 0 Å². The minimum Gasteiger partial charge on any atom is -0.318 e. The van der Waals surface area contributed by atoms with Crippen LogP contribution in [0.3, 0.4) is 0 Å². The summed E-state index contributed by atoms with van der Waals surface area (Å²) in [4.78, 5) is 21.5. The van der Waals surface area contributed by atoms with E-state index in [1.807, 2.05) is 0 Å². The molecule has 2 N–H and O–H groups in total. The van der Waals surface area contributed by atoms with Crippen LogP contribution in [0.5, 0.6) is 0 Å². The molecule has 0 fully saturated rings. The Labute approximate surface area is 112 Å². The fourth-order valence-electron chi connectivity index (χ4n) is 1.25. The van der Waals surface area contributed by atoms with E-state index in [0.29, 0.717) is 11.3 Å². The van der Waals surface area contributed by atoms with Gasteiger partial charge < -0.3 is 5.32 Å². The molecule has 8 heteroatoms. The van der Waals surface area contributed by atoms with Gasteiger partial charge in [-0.15, -0.1) is 0 Å². The van der Waals surface area contributed by atoms with Crippen LogP contribution in [0.1, 0.15) is 19.4 Å². The summed E-state index contributed by atoms with van der Waals surface area (Å²) in [6.07, 6.45) is -4.95. The first-order valence-corrected chi connectivity index (χ1v) is 5.49. The molecule has 0 saturated heterocycles. The third-order valence-corrected chi connectivity index (χ3v) is 2.18. The Morgan fingerprint density at radius 1 is 1.20 bits per heavy atom. The first-order valence-electron chi connectivity index (χ1n) is 5.49. The third-order valence-electron chi connectivity index (χ3n) is 2.18. The number of alkyl halides is 3. The van der Waals surface area contributed by atoms with Crippen LogP contribution in [0.4, 0.5) is 18.9 Å². The Balaban J connectivity index is 2.88. The highest BCUT2D eigenvalue weighted by atomic mass is 19.4. The van der Waals surface area contributed by atoms with E-state index in [9.17, 15) is 22.8 Å². The number of benzene rings is 1. The van der Waals surface area contributed by atoms with E-state index < -0.39 is 12.1 Å². The number of halogens is 3. The molecule has 0 heterocycles. The molecule has 0 aliphatic carbocycles. The SMILES string of the molecule is CC(=O)NN=C(C)c1cccc(NC(=O)C(F)(F)F)c1. The minimum atomic E-state index is -4.95. The Hall–Kier alpha value is -2.38. The number of rotatable bonds is 3. The largest absolute Gasteiger partial charge is 0.471 e. The predicted molar refractivity (Wildman–Crippen MR) is 67.2 cm³/mol. The monoisotopic (exact) mass is 287 g/mol. The maximum atomic E-state index is 12.1. The van der Waals surface area contributed by atoms with Gasteiger partial charge in [-0.2, -0.15) is 18.3 Å². The van der Waals surface area contributed by atoms with Gasteiger partial charge in [-0.25, -0.2) is 5.43 Å². The van der Waals surface area contributed by atoms with Gasteiger partial charge in [-0.05, 0) is 24.6 Å². The number of carbonyl (C=O) groups is 2. The molecule has 20 heavy (non-hydrogen) atoms. The first kappa shape index (κ1) is 15.7. The van der Waals surface area contributed by atoms with Crippen LogP contribution in [0.25, 0.3) is 0 Å². The number of amides is 2. The van der Waals surface area contributed by atoms with Gasteiger partial charge in [0.2, 0.25) is 5.91 Å². The molecule has 1 aromatic carbocycles. The lowest BCUT2D eigenvalue weighted by molar-refractivity contribution is -0.167. The number of carbonyl (C=O) groups excluding carboxylic acids is 2. The molecule has 1 aromatic rings. The van der Waals surface area contributed by atoms with Crippen LogP contribution in [0, 0.1) is 0 Å². The summed E-state index contributed by atoms with van der Waals surface area (Å²) in [5.74, 6) is -2.42. The maximum absolute atomic E-state index is 12.1. The van der Waals surface area contributed by atoms with E-state index in [2.05, 4.69) is 10.5 Å². The second-order valence-electron chi connectivity index (χ2n) is 3.90. The topological polar surface area (TPSA) is 70.6 Å². The highest BCUT2D eigenvalue weighted by molar-refractivity contribution is 6.01. The van der Waals surface area contributed by atoms with Crippen molar-refractivity contribution in [2.75, 3.05) is 5.32 Å². The van der Waals surface area contributed by atoms with Gasteiger partial charge in [-0.1, -0.05) is 12.1 Å². The molecule has 5 nitrogen and oxygen atoms in total. The second kappa shape index (κ2) is 6.18. The second-order valence-corrected chi connectivity index (χ2v) is 3.90. The quantitative estimate of drug-likeness (QED) is 0.659. The summed E-state index contributed by atoms with van der Waals surface area (Å²) in [6, 6.07) is 5.70. The Bertz CT molecular complexity index is 553. The Morgan fingerprint density at radius 3 is 2.40 bits per heavy atom. The smallest absolute Gasteiger partial charge is 0.318 e. The average molecular weight is 287 g/mol. The summed E-state index contributed by atoms with van der Waals surface area (Å²) in [6.45, 7) is 2.84. The number of nitrogens with one attached hydrogen (secondary N) is 2. The Kier molecular flexibility index (Phi) is 4.84. The van der Waals surface area contributed by atoms with Gasteiger partial charge >= 0.3 is 12.1 Å². The molecular formula is C12H12F3N3O2. The highest BCUT2D eigenvalue weighted by Gasteiger charge is 2.38. The molecule has 0 aromatic heterocycles. The molecule has 0 aliphatic heterocycles. The fraction of sp³-hybridized carbons (Fsp3) is 0.250. The summed E-state index contributed by atoms with van der Waals surface area (Å²) in [5, 5.41) is 5.48. The van der Waals surface area contributed by atoms with Crippen molar-refractivity contribution in [2.24, 2.45) is 5.10 Å². The maximum Gasteiger partial charge on any atom is 0.471 e. The number of nitrogens with zero attached hydrogens (tertiary/aromatic N) is 1. The molecule has 0 atom stereocenters. The lowest BCUT2D eigenvalue weighted by atomic mass is 10.1. The highest BCUT2D eigenvalue weighted by Crippen LogP contribution is 2.19. The third kappa shape index (κ3) is 4.71. The summed E-state index contributed by atoms with van der Waals surface area (Å²) < 4.78 is 36.4. The molecule has 0 saturated carbocycles. The predicted octanol–water partition coefficient (Wildman–Crippen LogP) is 2.05. The molecule has 0 radical (unpaired) electrons. The van der Waals surface area contributed by atoms with Crippen molar-refractivity contribution < 1.29 is 22.8 Å². The first-order chi connectivity index (χ1) is 9.20. The summed E-state index contributed by atoms with van der Waals surface area (Å²) >= 11 is 0. The average Bonchev–Trinajstić information content (AvgIpc) is 2.35. The zero-order valence-electron chi connectivity index (χ0n) is 10.7. The van der Waals surface area contributed by atoms with Gasteiger partial charge in [0.1, 0.15) is 0 Å². The van der Waals surface area contributed by atoms with Crippen LogP contribution in [0.2, 0.25) is 0 Å². The molecule has 2 amide bonds. The van der Waals surface area contributed by atoms with Crippen molar-refractivity contribution >= 4 is 23.2 Å². The van der Waals surface area contributed by atoms with Crippen molar-refractivity contribution in [3.8, 4) is 0 Å². The van der Waals surface area contributed by atoms with Gasteiger partial charge in [0, 0.05) is 12.6 Å². The molecule has 0 bridgehead atoms. The number of hydrazone groups is 1. The van der Waals surface area contributed by atoms with Crippen LogP contribution in [0.15, 0.2) is 29.4 Å². The van der Waals surface area contributed by atoms with Gasteiger partial charge in [0.15, 0.2) is 0 Å². The zero-order chi connectivity index (χ0) is 15.3. The number of anilines is 1. The summed E-state index contributed by atoms with van der Waals surface area (Å²) in [5.41, 5.74) is 3.06. The van der Waals surface area contributed by atoms with Crippen LogP contribution >= 0.6 is 0 Å². The normalized spacial score (nSPS) is 11.9.